The molecule has 0 aliphatic carbocycles. The first kappa shape index (κ1) is 13.9. The highest BCUT2D eigenvalue weighted by Gasteiger charge is 2.14. The fraction of sp³-hybridized carbons (Fsp3) is 0.533. The highest BCUT2D eigenvalue weighted by atomic mass is 16.5. The number of hydrogen-bond acceptors (Lipinski definition) is 3. The van der Waals surface area contributed by atoms with Crippen LogP contribution >= 0.6 is 0 Å². The largest absolute Gasteiger partial charge is 0.493 e. The van der Waals surface area contributed by atoms with E-state index in [9.17, 15) is 4.79 Å². The average molecular weight is 262 g/mol. The van der Waals surface area contributed by atoms with Crippen molar-refractivity contribution in [1.82, 2.24) is 4.90 Å². The van der Waals surface area contributed by atoms with E-state index in [0.717, 1.165) is 30.8 Å². The molecule has 1 aliphatic rings. The maximum Gasteiger partial charge on any atom is 0.224 e. The lowest BCUT2D eigenvalue weighted by atomic mass is 10.0. The number of fused-ring (bicyclic) bond motifs is 1. The monoisotopic (exact) mass is 262 g/mol. The topological polar surface area (TPSA) is 55.6 Å². The van der Waals surface area contributed by atoms with E-state index in [2.05, 4.69) is 6.07 Å². The number of amides is 1. The van der Waals surface area contributed by atoms with Crippen LogP contribution in [-0.4, -0.2) is 30.5 Å². The van der Waals surface area contributed by atoms with Gasteiger partial charge in [0.05, 0.1) is 6.61 Å². The van der Waals surface area contributed by atoms with Crippen LogP contribution in [0.3, 0.4) is 0 Å². The number of aryl methyl sites for hydroxylation is 1. The lowest BCUT2D eigenvalue weighted by Gasteiger charge is -2.21. The van der Waals surface area contributed by atoms with Gasteiger partial charge in [-0.1, -0.05) is 12.1 Å². The molecule has 2 rings (SSSR count). The molecule has 2 N–H and O–H groups in total. The zero-order valence-corrected chi connectivity index (χ0v) is 11.7. The van der Waals surface area contributed by atoms with Gasteiger partial charge in [0.1, 0.15) is 5.75 Å². The fourth-order valence-corrected chi connectivity index (χ4v) is 2.31. The Morgan fingerprint density at radius 1 is 1.53 bits per heavy atom. The summed E-state index contributed by atoms with van der Waals surface area (Å²) in [7, 11) is 1.82. The molecule has 1 heterocycles. The molecular weight excluding hydrogens is 240 g/mol. The van der Waals surface area contributed by atoms with Gasteiger partial charge in [0.25, 0.3) is 0 Å². The lowest BCUT2D eigenvalue weighted by molar-refractivity contribution is -0.130. The molecule has 0 saturated heterocycles. The molecule has 104 valence electrons. The molecule has 1 aromatic rings. The summed E-state index contributed by atoms with van der Waals surface area (Å²) in [6, 6.07) is 6.09. The molecule has 0 radical (unpaired) electrons. The number of rotatable bonds is 4. The zero-order chi connectivity index (χ0) is 13.8. The van der Waals surface area contributed by atoms with Crippen molar-refractivity contribution >= 4 is 5.91 Å². The minimum atomic E-state index is -0.0908. The molecular formula is C15H22N2O2. The van der Waals surface area contributed by atoms with Crippen molar-refractivity contribution in [3.8, 4) is 5.75 Å². The molecule has 0 spiro atoms. The van der Waals surface area contributed by atoms with Crippen LogP contribution in [0, 0.1) is 0 Å². The predicted molar refractivity (Wildman–Crippen MR) is 75.0 cm³/mol. The first-order valence-corrected chi connectivity index (χ1v) is 6.80. The molecule has 1 amide bonds. The number of carbonyl (C=O) groups excluding carboxylic acids is 1. The molecule has 1 aliphatic heterocycles. The van der Waals surface area contributed by atoms with Crippen LogP contribution in [0.25, 0.3) is 0 Å². The second-order valence-electron chi connectivity index (χ2n) is 5.33. The fourth-order valence-electron chi connectivity index (χ4n) is 2.31. The van der Waals surface area contributed by atoms with Gasteiger partial charge in [-0.05, 0) is 37.0 Å². The van der Waals surface area contributed by atoms with Crippen LogP contribution in [-0.2, 0) is 17.8 Å². The number of nitrogens with zero attached hydrogens (tertiary/aromatic N) is 1. The summed E-state index contributed by atoms with van der Waals surface area (Å²) in [5.74, 6) is 1.07. The zero-order valence-electron chi connectivity index (χ0n) is 11.7. The van der Waals surface area contributed by atoms with Crippen molar-refractivity contribution in [3.63, 3.8) is 0 Å². The van der Waals surface area contributed by atoms with Crippen LogP contribution < -0.4 is 10.5 Å². The van der Waals surface area contributed by atoms with Crippen LogP contribution in [0.1, 0.15) is 30.9 Å². The predicted octanol–water partition coefficient (Wildman–Crippen LogP) is 1.71. The third-order valence-corrected chi connectivity index (χ3v) is 3.32. The summed E-state index contributed by atoms with van der Waals surface area (Å²) in [5.41, 5.74) is 8.04. The van der Waals surface area contributed by atoms with E-state index in [-0.39, 0.29) is 11.9 Å². The molecule has 1 atom stereocenters. The first-order valence-electron chi connectivity index (χ1n) is 6.80. The Labute approximate surface area is 114 Å². The van der Waals surface area contributed by atoms with Gasteiger partial charge in [-0.3, -0.25) is 4.79 Å². The molecule has 0 aromatic heterocycles. The van der Waals surface area contributed by atoms with E-state index < -0.39 is 0 Å². The normalized spacial score (nSPS) is 15.3. The maximum absolute atomic E-state index is 11.9. The Kier molecular flexibility index (Phi) is 4.43. The average Bonchev–Trinajstić information content (AvgIpc) is 2.37. The molecule has 1 aromatic carbocycles. The van der Waals surface area contributed by atoms with Crippen LogP contribution in [0.15, 0.2) is 18.2 Å². The summed E-state index contributed by atoms with van der Waals surface area (Å²) in [6.07, 6.45) is 2.52. The number of hydrogen-bond donors (Lipinski definition) is 1. The second kappa shape index (κ2) is 6.06. The van der Waals surface area contributed by atoms with Gasteiger partial charge in [-0.2, -0.15) is 0 Å². The third-order valence-electron chi connectivity index (χ3n) is 3.32. The number of nitrogens with two attached hydrogens (primary N) is 1. The summed E-state index contributed by atoms with van der Waals surface area (Å²) in [5, 5.41) is 0. The van der Waals surface area contributed by atoms with Crippen molar-refractivity contribution < 1.29 is 9.53 Å². The quantitative estimate of drug-likeness (QED) is 0.898. The van der Waals surface area contributed by atoms with Crippen molar-refractivity contribution in [1.29, 1.82) is 0 Å². The van der Waals surface area contributed by atoms with E-state index in [1.165, 1.54) is 5.56 Å². The summed E-state index contributed by atoms with van der Waals surface area (Å²) in [4.78, 5) is 13.6. The van der Waals surface area contributed by atoms with Gasteiger partial charge in [0.2, 0.25) is 5.91 Å². The van der Waals surface area contributed by atoms with Crippen LogP contribution in [0.2, 0.25) is 0 Å². The van der Waals surface area contributed by atoms with Gasteiger partial charge in [-0.15, -0.1) is 0 Å². The third kappa shape index (κ3) is 3.70. The summed E-state index contributed by atoms with van der Waals surface area (Å²) >= 11 is 0. The smallest absolute Gasteiger partial charge is 0.224 e. The molecule has 19 heavy (non-hydrogen) atoms. The van der Waals surface area contributed by atoms with Gasteiger partial charge in [-0.25, -0.2) is 0 Å². The molecule has 1 unspecified atom stereocenters. The van der Waals surface area contributed by atoms with Crippen LogP contribution in [0.4, 0.5) is 0 Å². The van der Waals surface area contributed by atoms with Crippen molar-refractivity contribution in [2.24, 2.45) is 5.73 Å². The van der Waals surface area contributed by atoms with E-state index >= 15 is 0 Å². The molecule has 4 heteroatoms. The maximum atomic E-state index is 11.9. The molecule has 4 nitrogen and oxygen atoms in total. The summed E-state index contributed by atoms with van der Waals surface area (Å²) in [6.45, 7) is 3.28. The standard InChI is InChI=1S/C15H22N2O2/c1-11(16)8-15(18)17(2)10-12-5-6-14-13(9-12)4-3-7-19-14/h5-6,9,11H,3-4,7-8,10,16H2,1-2H3. The first-order chi connectivity index (χ1) is 9.06. The van der Waals surface area contributed by atoms with Gasteiger partial charge >= 0.3 is 0 Å². The van der Waals surface area contributed by atoms with E-state index in [0.29, 0.717) is 13.0 Å². The van der Waals surface area contributed by atoms with Crippen molar-refractivity contribution in [2.45, 2.75) is 38.8 Å². The van der Waals surface area contributed by atoms with E-state index in [1.807, 2.05) is 26.1 Å². The minimum Gasteiger partial charge on any atom is -0.493 e. The minimum absolute atomic E-state index is 0.0870. The highest BCUT2D eigenvalue weighted by molar-refractivity contribution is 5.76. The van der Waals surface area contributed by atoms with E-state index in [1.54, 1.807) is 4.90 Å². The Bertz CT molecular complexity index is 457. The number of benzene rings is 1. The summed E-state index contributed by atoms with van der Waals surface area (Å²) < 4.78 is 5.59. The molecule has 0 fully saturated rings. The second-order valence-corrected chi connectivity index (χ2v) is 5.33. The lowest BCUT2D eigenvalue weighted by Crippen LogP contribution is -2.31. The van der Waals surface area contributed by atoms with Crippen LogP contribution in [0.5, 0.6) is 5.75 Å². The van der Waals surface area contributed by atoms with Gasteiger partial charge < -0.3 is 15.4 Å². The SMILES string of the molecule is CC(N)CC(=O)N(C)Cc1ccc2c(c1)CCCO2. The highest BCUT2D eigenvalue weighted by Crippen LogP contribution is 2.25. The Morgan fingerprint density at radius 2 is 2.32 bits per heavy atom. The number of ether oxygens (including phenoxy) is 1. The van der Waals surface area contributed by atoms with Gasteiger partial charge in [0.15, 0.2) is 0 Å². The van der Waals surface area contributed by atoms with E-state index in [4.69, 9.17) is 10.5 Å². The van der Waals surface area contributed by atoms with Gasteiger partial charge in [0, 0.05) is 26.1 Å². The molecule has 0 saturated carbocycles. The van der Waals surface area contributed by atoms with Crippen molar-refractivity contribution in [2.75, 3.05) is 13.7 Å². The Balaban J connectivity index is 2.01. The number of carbonyl (C=O) groups is 1. The molecule has 0 bridgehead atoms. The van der Waals surface area contributed by atoms with Crippen molar-refractivity contribution in [3.05, 3.63) is 29.3 Å². The Morgan fingerprint density at radius 3 is 3.05 bits per heavy atom. The Hall–Kier alpha value is -1.55.